The van der Waals surface area contributed by atoms with Crippen LogP contribution < -0.4 is 16.2 Å². The molecule has 0 spiro atoms. The van der Waals surface area contributed by atoms with Gasteiger partial charge in [0.05, 0.1) is 4.47 Å². The molecule has 1 saturated carbocycles. The molecule has 0 saturated heterocycles. The van der Waals surface area contributed by atoms with E-state index in [0.29, 0.717) is 17.9 Å². The van der Waals surface area contributed by atoms with Crippen molar-refractivity contribution in [3.05, 3.63) is 10.7 Å². The van der Waals surface area contributed by atoms with Crippen LogP contribution in [0.2, 0.25) is 0 Å². The van der Waals surface area contributed by atoms with E-state index in [-0.39, 0.29) is 0 Å². The maximum absolute atomic E-state index is 5.37. The van der Waals surface area contributed by atoms with Crippen LogP contribution in [-0.2, 0) is 0 Å². The number of hydrogen-bond donors (Lipinski definition) is 2. The van der Waals surface area contributed by atoms with E-state index in [4.69, 9.17) is 5.84 Å². The van der Waals surface area contributed by atoms with Crippen LogP contribution in [0.1, 0.15) is 32.6 Å². The Labute approximate surface area is 116 Å². The Bertz CT molecular complexity index is 411. The zero-order valence-electron chi connectivity index (χ0n) is 10.9. The summed E-state index contributed by atoms with van der Waals surface area (Å²) >= 11 is 3.51. The highest BCUT2D eigenvalue weighted by molar-refractivity contribution is 9.10. The van der Waals surface area contributed by atoms with E-state index in [0.717, 1.165) is 10.3 Å². The molecule has 0 amide bonds. The highest BCUT2D eigenvalue weighted by atomic mass is 79.9. The van der Waals surface area contributed by atoms with Crippen molar-refractivity contribution in [2.24, 2.45) is 11.8 Å². The fraction of sp³-hybridized carbons (Fsp3) is 0.667. The van der Waals surface area contributed by atoms with Gasteiger partial charge in [0.1, 0.15) is 5.82 Å². The van der Waals surface area contributed by atoms with Gasteiger partial charge >= 0.3 is 0 Å². The van der Waals surface area contributed by atoms with Crippen LogP contribution in [0, 0.1) is 5.92 Å². The van der Waals surface area contributed by atoms with Gasteiger partial charge in [0.15, 0.2) is 0 Å². The molecule has 3 N–H and O–H groups in total. The summed E-state index contributed by atoms with van der Waals surface area (Å²) in [5.41, 5.74) is 2.49. The second-order valence-electron chi connectivity index (χ2n) is 4.95. The molecular formula is C12H20BrN5. The molecule has 1 aliphatic rings. The van der Waals surface area contributed by atoms with Crippen molar-refractivity contribution in [3.63, 3.8) is 0 Å². The van der Waals surface area contributed by atoms with Gasteiger partial charge in [-0.1, -0.05) is 19.8 Å². The van der Waals surface area contributed by atoms with E-state index in [9.17, 15) is 0 Å². The Morgan fingerprint density at radius 2 is 2.17 bits per heavy atom. The van der Waals surface area contributed by atoms with Gasteiger partial charge in [-0.2, -0.15) is 4.98 Å². The number of halogens is 1. The number of aromatic nitrogens is 2. The minimum Gasteiger partial charge on any atom is -0.355 e. The molecule has 1 heterocycles. The van der Waals surface area contributed by atoms with Crippen molar-refractivity contribution >= 4 is 27.7 Å². The molecule has 100 valence electrons. The van der Waals surface area contributed by atoms with Crippen LogP contribution >= 0.6 is 15.9 Å². The summed E-state index contributed by atoms with van der Waals surface area (Å²) in [6.45, 7) is 2.32. The molecule has 1 aliphatic carbocycles. The summed E-state index contributed by atoms with van der Waals surface area (Å²) in [4.78, 5) is 10.8. The van der Waals surface area contributed by atoms with Crippen LogP contribution in [0.25, 0.3) is 0 Å². The Morgan fingerprint density at radius 1 is 1.44 bits per heavy atom. The van der Waals surface area contributed by atoms with Crippen molar-refractivity contribution < 1.29 is 0 Å². The van der Waals surface area contributed by atoms with Gasteiger partial charge in [-0.15, -0.1) is 0 Å². The number of nitrogens with two attached hydrogens (primary N) is 1. The van der Waals surface area contributed by atoms with Gasteiger partial charge in [-0.05, 0) is 34.7 Å². The normalized spacial score (nSPS) is 23.8. The summed E-state index contributed by atoms with van der Waals surface area (Å²) in [6.07, 6.45) is 6.89. The molecule has 0 aliphatic heterocycles. The number of hydrazine groups is 1. The third kappa shape index (κ3) is 2.75. The van der Waals surface area contributed by atoms with Gasteiger partial charge in [-0.25, -0.2) is 10.8 Å². The smallest absolute Gasteiger partial charge is 0.239 e. The monoisotopic (exact) mass is 313 g/mol. The van der Waals surface area contributed by atoms with E-state index in [1.807, 2.05) is 0 Å². The summed E-state index contributed by atoms with van der Waals surface area (Å²) in [5.74, 6) is 7.41. The highest BCUT2D eigenvalue weighted by Crippen LogP contribution is 2.32. The second kappa shape index (κ2) is 5.84. The Morgan fingerprint density at radius 3 is 2.83 bits per heavy atom. The number of hydrogen-bond acceptors (Lipinski definition) is 5. The average Bonchev–Trinajstić information content (AvgIpc) is 2.39. The molecule has 1 aromatic rings. The first-order valence-corrected chi connectivity index (χ1v) is 7.14. The summed E-state index contributed by atoms with van der Waals surface area (Å²) in [6, 6.07) is 0.538. The molecular weight excluding hydrogens is 294 g/mol. The van der Waals surface area contributed by atoms with Crippen molar-refractivity contribution in [1.82, 2.24) is 9.97 Å². The minimum atomic E-state index is 0.448. The number of nitrogen functional groups attached to an aromatic ring is 1. The third-order valence-corrected chi connectivity index (χ3v) is 4.31. The Balaban J connectivity index is 2.23. The minimum absolute atomic E-state index is 0.448. The quantitative estimate of drug-likeness (QED) is 0.663. The van der Waals surface area contributed by atoms with E-state index < -0.39 is 0 Å². The fourth-order valence-electron chi connectivity index (χ4n) is 2.70. The maximum atomic E-state index is 5.37. The van der Waals surface area contributed by atoms with Crippen LogP contribution in [0.4, 0.5) is 11.8 Å². The first-order valence-electron chi connectivity index (χ1n) is 6.35. The van der Waals surface area contributed by atoms with E-state index in [2.05, 4.69) is 50.2 Å². The molecule has 2 atom stereocenters. The van der Waals surface area contributed by atoms with Gasteiger partial charge in [0, 0.05) is 19.3 Å². The van der Waals surface area contributed by atoms with Gasteiger partial charge in [0.25, 0.3) is 0 Å². The first-order chi connectivity index (χ1) is 8.63. The lowest BCUT2D eigenvalue weighted by atomic mass is 9.85. The van der Waals surface area contributed by atoms with Crippen LogP contribution in [0.3, 0.4) is 0 Å². The van der Waals surface area contributed by atoms with E-state index in [1.54, 1.807) is 6.20 Å². The number of anilines is 2. The summed E-state index contributed by atoms with van der Waals surface area (Å²) in [5, 5.41) is 0. The zero-order valence-corrected chi connectivity index (χ0v) is 12.4. The molecule has 5 nitrogen and oxygen atoms in total. The molecule has 2 rings (SSSR count). The molecule has 1 fully saturated rings. The molecule has 18 heavy (non-hydrogen) atoms. The van der Waals surface area contributed by atoms with Gasteiger partial charge in [0.2, 0.25) is 5.95 Å². The molecule has 6 heteroatoms. The fourth-order valence-corrected chi connectivity index (χ4v) is 3.17. The molecule has 0 bridgehead atoms. The Kier molecular flexibility index (Phi) is 4.40. The zero-order chi connectivity index (χ0) is 13.1. The molecule has 2 unspecified atom stereocenters. The molecule has 0 radical (unpaired) electrons. The predicted octanol–water partition coefficient (Wildman–Crippen LogP) is 2.54. The maximum Gasteiger partial charge on any atom is 0.239 e. The van der Waals surface area contributed by atoms with Gasteiger partial charge in [-0.3, -0.25) is 5.43 Å². The van der Waals surface area contributed by atoms with Crippen molar-refractivity contribution in [1.29, 1.82) is 0 Å². The standard InChI is InChI=1S/C12H20BrN5/c1-8-5-3-4-6-10(8)18(2)11-9(13)7-15-12(16-11)17-14/h7-8,10H,3-6,14H2,1-2H3,(H,15,16,17). The van der Waals surface area contributed by atoms with Crippen molar-refractivity contribution in [3.8, 4) is 0 Å². The van der Waals surface area contributed by atoms with Crippen LogP contribution in [0.5, 0.6) is 0 Å². The van der Waals surface area contributed by atoms with Crippen LogP contribution in [0.15, 0.2) is 10.7 Å². The summed E-state index contributed by atoms with van der Waals surface area (Å²) in [7, 11) is 2.10. The first kappa shape index (κ1) is 13.5. The Hall–Kier alpha value is -0.880. The lowest BCUT2D eigenvalue weighted by molar-refractivity contribution is 0.320. The topological polar surface area (TPSA) is 67.1 Å². The lowest BCUT2D eigenvalue weighted by Crippen LogP contribution is -2.39. The third-order valence-electron chi connectivity index (χ3n) is 3.75. The second-order valence-corrected chi connectivity index (χ2v) is 5.80. The number of rotatable bonds is 3. The largest absolute Gasteiger partial charge is 0.355 e. The average molecular weight is 314 g/mol. The van der Waals surface area contributed by atoms with Gasteiger partial charge < -0.3 is 4.90 Å². The van der Waals surface area contributed by atoms with Crippen LogP contribution in [-0.4, -0.2) is 23.1 Å². The van der Waals surface area contributed by atoms with E-state index >= 15 is 0 Å². The number of nitrogens with zero attached hydrogens (tertiary/aromatic N) is 3. The molecule has 1 aromatic heterocycles. The lowest BCUT2D eigenvalue weighted by Gasteiger charge is -2.37. The van der Waals surface area contributed by atoms with Crippen molar-refractivity contribution in [2.75, 3.05) is 17.4 Å². The molecule has 0 aromatic carbocycles. The SMILES string of the molecule is CC1CCCCC1N(C)c1nc(NN)ncc1Br. The highest BCUT2D eigenvalue weighted by Gasteiger charge is 2.27. The van der Waals surface area contributed by atoms with Crippen molar-refractivity contribution in [2.45, 2.75) is 38.6 Å². The number of nitrogens with one attached hydrogen (secondary N) is 1. The predicted molar refractivity (Wildman–Crippen MR) is 77.4 cm³/mol. The summed E-state index contributed by atoms with van der Waals surface area (Å²) < 4.78 is 0.904. The van der Waals surface area contributed by atoms with E-state index in [1.165, 1.54) is 25.7 Å².